The molecule has 3 nitrogen and oxygen atoms in total. The van der Waals surface area contributed by atoms with E-state index in [1.807, 2.05) is 26.0 Å². The maximum absolute atomic E-state index is 12.0. The number of halogens is 1. The van der Waals surface area contributed by atoms with Gasteiger partial charge >= 0.3 is 0 Å². The normalized spacial score (nSPS) is 21.9. The number of hydrogen-bond acceptors (Lipinski definition) is 2. The van der Waals surface area contributed by atoms with Crippen LogP contribution >= 0.6 is 11.6 Å². The summed E-state index contributed by atoms with van der Waals surface area (Å²) in [5, 5.41) is 3.84. The van der Waals surface area contributed by atoms with Gasteiger partial charge in [-0.25, -0.2) is 0 Å². The number of carbonyl (C=O) groups excluding carboxylic acids is 1. The Morgan fingerprint density at radius 2 is 1.90 bits per heavy atom. The van der Waals surface area contributed by atoms with Crippen molar-refractivity contribution in [3.8, 4) is 5.75 Å². The van der Waals surface area contributed by atoms with E-state index >= 15 is 0 Å². The predicted octanol–water partition coefficient (Wildman–Crippen LogP) is 4.03. The Morgan fingerprint density at radius 1 is 1.29 bits per heavy atom. The summed E-state index contributed by atoms with van der Waals surface area (Å²) in [4.78, 5) is 12.0. The summed E-state index contributed by atoms with van der Waals surface area (Å²) in [5.74, 6) is 1.21. The van der Waals surface area contributed by atoms with Crippen LogP contribution in [-0.4, -0.2) is 18.6 Å². The molecule has 2 atom stereocenters. The monoisotopic (exact) mass is 309 g/mol. The molecule has 1 amide bonds. The molecule has 1 aromatic rings. The van der Waals surface area contributed by atoms with Gasteiger partial charge in [-0.1, -0.05) is 31.4 Å². The summed E-state index contributed by atoms with van der Waals surface area (Å²) < 4.78 is 5.59. The lowest BCUT2D eigenvalue weighted by Crippen LogP contribution is -2.43. The third-order valence-electron chi connectivity index (χ3n) is 4.24. The summed E-state index contributed by atoms with van der Waals surface area (Å²) >= 11 is 6.12. The van der Waals surface area contributed by atoms with E-state index in [1.54, 1.807) is 0 Å². The van der Waals surface area contributed by atoms with Gasteiger partial charge in [0.1, 0.15) is 5.75 Å². The molecule has 0 saturated heterocycles. The fraction of sp³-hybridized carbons (Fsp3) is 0.588. The van der Waals surface area contributed by atoms with Crippen molar-refractivity contribution in [3.63, 3.8) is 0 Å². The average molecular weight is 310 g/mol. The van der Waals surface area contributed by atoms with Crippen LogP contribution in [-0.2, 0) is 4.79 Å². The molecule has 0 radical (unpaired) electrons. The lowest BCUT2D eigenvalue weighted by atomic mass is 9.86. The van der Waals surface area contributed by atoms with Crippen molar-refractivity contribution in [2.24, 2.45) is 5.92 Å². The molecule has 0 aromatic heterocycles. The zero-order chi connectivity index (χ0) is 15.4. The zero-order valence-electron chi connectivity index (χ0n) is 13.0. The second kappa shape index (κ2) is 7.17. The third-order valence-corrected chi connectivity index (χ3v) is 4.83. The Morgan fingerprint density at radius 3 is 2.52 bits per heavy atom. The van der Waals surface area contributed by atoms with E-state index in [2.05, 4.69) is 12.2 Å². The molecule has 21 heavy (non-hydrogen) atoms. The molecular weight excluding hydrogens is 286 g/mol. The number of amides is 1. The summed E-state index contributed by atoms with van der Waals surface area (Å²) in [6.07, 6.45) is 4.74. The Hall–Kier alpha value is -1.22. The minimum Gasteiger partial charge on any atom is -0.484 e. The standard InChI is InChI=1S/C17H24ClNO2/c1-11-6-4-5-7-15(11)19-16(20)10-21-14-8-12(2)17(18)13(3)9-14/h8-9,11,15H,4-7,10H2,1-3H3,(H,19,20)/t11-,15+/m1/s1. The average Bonchev–Trinajstić information content (AvgIpc) is 2.45. The highest BCUT2D eigenvalue weighted by Gasteiger charge is 2.22. The number of nitrogens with one attached hydrogen (secondary N) is 1. The molecule has 1 N–H and O–H groups in total. The minimum atomic E-state index is -0.0426. The fourth-order valence-corrected chi connectivity index (χ4v) is 3.03. The first-order chi connectivity index (χ1) is 9.97. The second-order valence-electron chi connectivity index (χ2n) is 6.10. The molecule has 1 aromatic carbocycles. The fourth-order valence-electron chi connectivity index (χ4n) is 2.92. The first-order valence-corrected chi connectivity index (χ1v) is 8.04. The Labute approximate surface area is 132 Å². The Kier molecular flexibility index (Phi) is 5.51. The predicted molar refractivity (Wildman–Crippen MR) is 86.0 cm³/mol. The molecule has 0 aliphatic heterocycles. The molecule has 0 spiro atoms. The van der Waals surface area contributed by atoms with Gasteiger partial charge in [-0.15, -0.1) is 0 Å². The van der Waals surface area contributed by atoms with E-state index in [-0.39, 0.29) is 12.5 Å². The van der Waals surface area contributed by atoms with Crippen molar-refractivity contribution >= 4 is 17.5 Å². The molecule has 1 fully saturated rings. The molecule has 1 aliphatic rings. The van der Waals surface area contributed by atoms with Gasteiger partial charge in [-0.3, -0.25) is 4.79 Å². The molecule has 0 heterocycles. The summed E-state index contributed by atoms with van der Waals surface area (Å²) in [6, 6.07) is 4.03. The quantitative estimate of drug-likeness (QED) is 0.912. The van der Waals surface area contributed by atoms with Crippen LogP contribution in [0.4, 0.5) is 0 Å². The Bertz CT molecular complexity index is 493. The third kappa shape index (κ3) is 4.37. The number of hydrogen-bond donors (Lipinski definition) is 1. The van der Waals surface area contributed by atoms with Crippen LogP contribution in [0.1, 0.15) is 43.7 Å². The molecule has 4 heteroatoms. The number of rotatable bonds is 4. The van der Waals surface area contributed by atoms with Crippen LogP contribution in [0.5, 0.6) is 5.75 Å². The van der Waals surface area contributed by atoms with Gasteiger partial charge < -0.3 is 10.1 Å². The van der Waals surface area contributed by atoms with Crippen molar-refractivity contribution in [2.75, 3.05) is 6.61 Å². The molecular formula is C17H24ClNO2. The van der Waals surface area contributed by atoms with Crippen LogP contribution < -0.4 is 10.1 Å². The van der Waals surface area contributed by atoms with Gasteiger partial charge in [0.25, 0.3) is 5.91 Å². The van der Waals surface area contributed by atoms with Crippen LogP contribution in [0, 0.1) is 19.8 Å². The number of carbonyl (C=O) groups is 1. The lowest BCUT2D eigenvalue weighted by molar-refractivity contribution is -0.124. The van der Waals surface area contributed by atoms with Crippen molar-refractivity contribution in [1.82, 2.24) is 5.32 Å². The highest BCUT2D eigenvalue weighted by Crippen LogP contribution is 2.26. The molecule has 0 bridgehead atoms. The summed E-state index contributed by atoms with van der Waals surface area (Å²) in [5.41, 5.74) is 1.93. The highest BCUT2D eigenvalue weighted by atomic mass is 35.5. The minimum absolute atomic E-state index is 0.0426. The highest BCUT2D eigenvalue weighted by molar-refractivity contribution is 6.32. The molecule has 1 saturated carbocycles. The largest absolute Gasteiger partial charge is 0.484 e. The molecule has 1 aliphatic carbocycles. The van der Waals surface area contributed by atoms with Crippen molar-refractivity contribution in [2.45, 2.75) is 52.5 Å². The SMILES string of the molecule is Cc1cc(OCC(=O)N[C@H]2CCCC[C@H]2C)cc(C)c1Cl. The van der Waals surface area contributed by atoms with Gasteiger partial charge in [0, 0.05) is 11.1 Å². The number of aryl methyl sites for hydroxylation is 2. The first kappa shape index (κ1) is 16.2. The van der Waals surface area contributed by atoms with E-state index in [0.717, 1.165) is 22.6 Å². The second-order valence-corrected chi connectivity index (χ2v) is 6.47. The smallest absolute Gasteiger partial charge is 0.258 e. The van der Waals surface area contributed by atoms with E-state index < -0.39 is 0 Å². The van der Waals surface area contributed by atoms with Crippen molar-refractivity contribution < 1.29 is 9.53 Å². The maximum atomic E-state index is 12.0. The van der Waals surface area contributed by atoms with E-state index in [4.69, 9.17) is 16.3 Å². The lowest BCUT2D eigenvalue weighted by Gasteiger charge is -2.29. The van der Waals surface area contributed by atoms with E-state index in [1.165, 1.54) is 19.3 Å². The van der Waals surface area contributed by atoms with Crippen LogP contribution in [0.3, 0.4) is 0 Å². The van der Waals surface area contributed by atoms with Crippen molar-refractivity contribution in [1.29, 1.82) is 0 Å². The molecule has 2 rings (SSSR count). The maximum Gasteiger partial charge on any atom is 0.258 e. The van der Waals surface area contributed by atoms with Crippen LogP contribution in [0.25, 0.3) is 0 Å². The van der Waals surface area contributed by atoms with Crippen LogP contribution in [0.2, 0.25) is 5.02 Å². The Balaban J connectivity index is 1.86. The van der Waals surface area contributed by atoms with Gasteiger partial charge in [0.2, 0.25) is 0 Å². The number of ether oxygens (including phenoxy) is 1. The first-order valence-electron chi connectivity index (χ1n) is 7.66. The van der Waals surface area contributed by atoms with E-state index in [0.29, 0.717) is 17.7 Å². The topological polar surface area (TPSA) is 38.3 Å². The number of benzene rings is 1. The summed E-state index contributed by atoms with van der Waals surface area (Å²) in [7, 11) is 0. The van der Waals surface area contributed by atoms with Gasteiger partial charge in [-0.2, -0.15) is 0 Å². The molecule has 0 unspecified atom stereocenters. The van der Waals surface area contributed by atoms with Gasteiger partial charge in [-0.05, 0) is 55.9 Å². The van der Waals surface area contributed by atoms with Crippen molar-refractivity contribution in [3.05, 3.63) is 28.3 Å². The van der Waals surface area contributed by atoms with Gasteiger partial charge in [0.15, 0.2) is 6.61 Å². The van der Waals surface area contributed by atoms with Gasteiger partial charge in [0.05, 0.1) is 0 Å². The zero-order valence-corrected chi connectivity index (χ0v) is 13.8. The van der Waals surface area contributed by atoms with Crippen LogP contribution in [0.15, 0.2) is 12.1 Å². The molecule has 116 valence electrons. The summed E-state index contributed by atoms with van der Waals surface area (Å²) in [6.45, 7) is 6.14. The van der Waals surface area contributed by atoms with E-state index in [9.17, 15) is 4.79 Å².